The number of nitrogens with one attached hydrogen (secondary N) is 1. The molecule has 0 bridgehead atoms. The third-order valence-corrected chi connectivity index (χ3v) is 10.5. The number of carboxylic acid groups (broad SMARTS) is 1. The third kappa shape index (κ3) is 5.28. The van der Waals surface area contributed by atoms with E-state index in [0.29, 0.717) is 42.2 Å². The molecule has 1 spiro atoms. The number of aliphatic hydroxyl groups excluding tert-OH is 1. The van der Waals surface area contributed by atoms with Gasteiger partial charge in [-0.1, -0.05) is 55.8 Å². The van der Waals surface area contributed by atoms with Gasteiger partial charge in [0.05, 0.1) is 18.4 Å². The van der Waals surface area contributed by atoms with Gasteiger partial charge in [0, 0.05) is 22.5 Å². The molecule has 1 heterocycles. The first-order chi connectivity index (χ1) is 20.2. The molecule has 222 valence electrons. The Bertz CT molecular complexity index is 1450. The maximum Gasteiger partial charge on any atom is 0.329 e. The first-order valence-corrected chi connectivity index (χ1v) is 15.7. The Morgan fingerprint density at radius 2 is 1.90 bits per heavy atom. The maximum atomic E-state index is 12.7. The lowest BCUT2D eigenvalue weighted by atomic mass is 9.59. The largest absolute Gasteiger partial charge is 0.493 e. The van der Waals surface area contributed by atoms with Crippen LogP contribution in [0.15, 0.2) is 60.8 Å². The zero-order valence-corrected chi connectivity index (χ0v) is 25.2. The zero-order chi connectivity index (χ0) is 29.5. The van der Waals surface area contributed by atoms with Crippen molar-refractivity contribution < 1.29 is 19.7 Å². The normalized spacial score (nSPS) is 29.0. The fourth-order valence-electron chi connectivity index (χ4n) is 8.04. The molecule has 3 aliphatic carbocycles. The molecule has 0 radical (unpaired) electrons. The standard InChI is InChI=1S/C35H41ClN2O4/c1-22(21-42-30-12-17-37-32-29(39)11-10-23(2)31(30)32)18-25-19-24-6-3-4-9-28(24)34(25)13-15-35(16-14-34,33(40)41)38-27-8-5-7-26(36)20-27/h3-9,12,17,20,22-23,25,29,38-39H,10-11,13-16,18-19,21H2,1-2H3,(H,40,41)/t22-,23+,25?,29-,34?,35?/m1/s1. The van der Waals surface area contributed by atoms with Gasteiger partial charge in [-0.25, -0.2) is 4.79 Å². The van der Waals surface area contributed by atoms with E-state index in [4.69, 9.17) is 16.3 Å². The Morgan fingerprint density at radius 1 is 1.12 bits per heavy atom. The molecule has 2 aromatic carbocycles. The van der Waals surface area contributed by atoms with Gasteiger partial charge in [0.1, 0.15) is 11.3 Å². The fourth-order valence-corrected chi connectivity index (χ4v) is 8.23. The average Bonchev–Trinajstić information content (AvgIpc) is 3.27. The number of halogens is 1. The number of nitrogens with zero attached hydrogens (tertiary/aromatic N) is 1. The predicted octanol–water partition coefficient (Wildman–Crippen LogP) is 7.69. The number of aliphatic hydroxyl groups is 1. The summed E-state index contributed by atoms with van der Waals surface area (Å²) in [5.41, 5.74) is 4.29. The Morgan fingerprint density at radius 3 is 2.67 bits per heavy atom. The van der Waals surface area contributed by atoms with Crippen LogP contribution in [0, 0.1) is 11.8 Å². The van der Waals surface area contributed by atoms with Gasteiger partial charge in [-0.2, -0.15) is 0 Å². The summed E-state index contributed by atoms with van der Waals surface area (Å²) < 4.78 is 6.44. The lowest BCUT2D eigenvalue weighted by Gasteiger charge is -2.47. The molecule has 0 amide bonds. The number of hydrogen-bond donors (Lipinski definition) is 3. The highest BCUT2D eigenvalue weighted by atomic mass is 35.5. The van der Waals surface area contributed by atoms with E-state index in [1.807, 2.05) is 18.2 Å². The maximum absolute atomic E-state index is 12.7. The van der Waals surface area contributed by atoms with Crippen molar-refractivity contribution in [1.29, 1.82) is 0 Å². The van der Waals surface area contributed by atoms with Crippen molar-refractivity contribution in [2.75, 3.05) is 11.9 Å². The van der Waals surface area contributed by atoms with Crippen LogP contribution < -0.4 is 10.1 Å². The quantitative estimate of drug-likeness (QED) is 0.250. The Labute approximate surface area is 253 Å². The number of ether oxygens (including phenoxy) is 1. The first kappa shape index (κ1) is 29.0. The van der Waals surface area contributed by atoms with Crippen molar-refractivity contribution in [3.05, 3.63) is 88.2 Å². The zero-order valence-electron chi connectivity index (χ0n) is 24.5. The highest BCUT2D eigenvalue weighted by Crippen LogP contribution is 2.56. The van der Waals surface area contributed by atoms with E-state index in [0.717, 1.165) is 61.2 Å². The molecular formula is C35H41ClN2O4. The van der Waals surface area contributed by atoms with Gasteiger partial charge in [-0.05, 0) is 110 Å². The number of hydrogen-bond acceptors (Lipinski definition) is 5. The van der Waals surface area contributed by atoms with E-state index in [1.165, 1.54) is 11.1 Å². The average molecular weight is 589 g/mol. The van der Waals surface area contributed by atoms with Crippen molar-refractivity contribution in [2.24, 2.45) is 11.8 Å². The van der Waals surface area contributed by atoms with Crippen molar-refractivity contribution in [3.63, 3.8) is 0 Å². The second-order valence-electron chi connectivity index (χ2n) is 13.0. The molecule has 0 aliphatic heterocycles. The van der Waals surface area contributed by atoms with E-state index < -0.39 is 17.6 Å². The van der Waals surface area contributed by atoms with Crippen LogP contribution in [0.5, 0.6) is 5.75 Å². The first-order valence-electron chi connectivity index (χ1n) is 15.4. The summed E-state index contributed by atoms with van der Waals surface area (Å²) in [6.45, 7) is 5.04. The monoisotopic (exact) mass is 588 g/mol. The minimum Gasteiger partial charge on any atom is -0.493 e. The summed E-state index contributed by atoms with van der Waals surface area (Å²) in [6.07, 6.45) is 7.63. The second kappa shape index (κ2) is 11.5. The minimum atomic E-state index is -1.02. The van der Waals surface area contributed by atoms with Crippen molar-refractivity contribution >= 4 is 23.3 Å². The van der Waals surface area contributed by atoms with Crippen molar-refractivity contribution in [1.82, 2.24) is 4.98 Å². The lowest BCUT2D eigenvalue weighted by Crippen LogP contribution is -2.53. The molecule has 1 saturated carbocycles. The summed E-state index contributed by atoms with van der Waals surface area (Å²) in [5, 5.41) is 24.9. The lowest BCUT2D eigenvalue weighted by molar-refractivity contribution is -0.144. The number of carboxylic acids is 1. The summed E-state index contributed by atoms with van der Waals surface area (Å²) in [5.74, 6) is 1.08. The van der Waals surface area contributed by atoms with Gasteiger partial charge >= 0.3 is 5.97 Å². The molecule has 3 aromatic rings. The molecule has 4 atom stereocenters. The van der Waals surface area contributed by atoms with Crippen LogP contribution in [-0.4, -0.2) is 33.3 Å². The smallest absolute Gasteiger partial charge is 0.329 e. The van der Waals surface area contributed by atoms with Crippen LogP contribution in [0.2, 0.25) is 5.02 Å². The van der Waals surface area contributed by atoms with Gasteiger partial charge < -0.3 is 20.3 Å². The fraction of sp³-hybridized carbons (Fsp3) is 0.486. The number of rotatable bonds is 8. The summed E-state index contributed by atoms with van der Waals surface area (Å²) >= 11 is 6.21. The highest BCUT2D eigenvalue weighted by Gasteiger charge is 2.54. The van der Waals surface area contributed by atoms with E-state index >= 15 is 0 Å². The van der Waals surface area contributed by atoms with Gasteiger partial charge in [0.25, 0.3) is 0 Å². The Kier molecular flexibility index (Phi) is 7.97. The van der Waals surface area contributed by atoms with Crippen LogP contribution in [0.3, 0.4) is 0 Å². The van der Waals surface area contributed by atoms with Gasteiger partial charge in [-0.3, -0.25) is 4.98 Å². The molecule has 1 unspecified atom stereocenters. The molecule has 0 saturated heterocycles. The van der Waals surface area contributed by atoms with Crippen molar-refractivity contribution in [3.8, 4) is 5.75 Å². The minimum absolute atomic E-state index is 0.0473. The molecule has 42 heavy (non-hydrogen) atoms. The molecule has 3 aliphatic rings. The summed E-state index contributed by atoms with van der Waals surface area (Å²) in [7, 11) is 0. The van der Waals surface area contributed by atoms with E-state index in [-0.39, 0.29) is 5.41 Å². The van der Waals surface area contributed by atoms with Gasteiger partial charge in [0.2, 0.25) is 0 Å². The van der Waals surface area contributed by atoms with Crippen molar-refractivity contribution in [2.45, 2.75) is 88.2 Å². The van der Waals surface area contributed by atoms with E-state index in [9.17, 15) is 15.0 Å². The Hall–Kier alpha value is -3.09. The number of aromatic nitrogens is 1. The summed E-state index contributed by atoms with van der Waals surface area (Å²) in [4.78, 5) is 17.2. The van der Waals surface area contributed by atoms with Crippen LogP contribution >= 0.6 is 11.6 Å². The van der Waals surface area contributed by atoms with E-state index in [1.54, 1.807) is 18.3 Å². The molecule has 1 aromatic heterocycles. The number of benzene rings is 2. The van der Waals surface area contributed by atoms with Gasteiger partial charge in [0.15, 0.2) is 0 Å². The van der Waals surface area contributed by atoms with Gasteiger partial charge in [-0.15, -0.1) is 0 Å². The van der Waals surface area contributed by atoms with Crippen LogP contribution in [-0.2, 0) is 16.6 Å². The second-order valence-corrected chi connectivity index (χ2v) is 13.4. The van der Waals surface area contributed by atoms with Crippen LogP contribution in [0.1, 0.15) is 93.2 Å². The predicted molar refractivity (Wildman–Crippen MR) is 165 cm³/mol. The van der Waals surface area contributed by atoms with E-state index in [2.05, 4.69) is 48.4 Å². The highest BCUT2D eigenvalue weighted by molar-refractivity contribution is 6.30. The molecular weight excluding hydrogens is 548 g/mol. The van der Waals surface area contributed by atoms with Crippen LogP contribution in [0.4, 0.5) is 5.69 Å². The molecule has 6 nitrogen and oxygen atoms in total. The number of pyridine rings is 1. The Balaban J connectivity index is 1.19. The molecule has 3 N–H and O–H groups in total. The summed E-state index contributed by atoms with van der Waals surface area (Å²) in [6, 6.07) is 18.0. The number of anilines is 1. The third-order valence-electron chi connectivity index (χ3n) is 10.3. The number of aliphatic carboxylic acids is 1. The molecule has 6 rings (SSSR count). The SMILES string of the molecule is C[C@@H](COc1ccnc2c1[C@@H](C)CC[C@H]2O)CC1Cc2ccccc2C12CCC(Nc1cccc(Cl)c1)(C(=O)O)CC2. The molecule has 1 fully saturated rings. The topological polar surface area (TPSA) is 91.7 Å². The number of fused-ring (bicyclic) bond motifs is 3. The van der Waals surface area contributed by atoms with Crippen LogP contribution in [0.25, 0.3) is 0 Å². The number of carbonyl (C=O) groups is 1. The molecule has 7 heteroatoms.